The first-order chi connectivity index (χ1) is 13.0. The van der Waals surface area contributed by atoms with Gasteiger partial charge >= 0.3 is 0 Å². The fourth-order valence-electron chi connectivity index (χ4n) is 3.02. The molecule has 2 aromatic rings. The monoisotopic (exact) mass is 386 g/mol. The lowest BCUT2D eigenvalue weighted by molar-refractivity contribution is 0.0345. The Morgan fingerprint density at radius 1 is 1.07 bits per heavy atom. The van der Waals surface area contributed by atoms with Crippen LogP contribution in [0.5, 0.6) is 0 Å². The Bertz CT molecular complexity index is 843. The van der Waals surface area contributed by atoms with Crippen molar-refractivity contribution >= 4 is 16.1 Å². The van der Waals surface area contributed by atoms with Gasteiger partial charge in [-0.05, 0) is 24.1 Å². The lowest BCUT2D eigenvalue weighted by Gasteiger charge is -2.30. The van der Waals surface area contributed by atoms with Gasteiger partial charge in [0.05, 0.1) is 19.3 Å². The summed E-state index contributed by atoms with van der Waals surface area (Å²) in [5, 5.41) is 1.24. The predicted molar refractivity (Wildman–Crippen MR) is 109 cm³/mol. The van der Waals surface area contributed by atoms with Crippen LogP contribution in [0.2, 0.25) is 0 Å². The average molecular weight is 387 g/mol. The second-order valence-corrected chi connectivity index (χ2v) is 8.35. The number of nitrogens with one attached hydrogen (secondary N) is 1. The van der Waals surface area contributed by atoms with Crippen LogP contribution in [0.3, 0.4) is 0 Å². The molecule has 0 bridgehead atoms. The van der Waals surface area contributed by atoms with Gasteiger partial charge in [0, 0.05) is 25.0 Å². The van der Waals surface area contributed by atoms with Crippen molar-refractivity contribution < 1.29 is 13.2 Å². The molecule has 1 heterocycles. The SMILES string of the molecule is Cc1ccc([C@H](CN2CCOCC2)NS(=O)(=O)/C=C/c2ccccc2)cc1. The molecule has 144 valence electrons. The molecule has 5 nitrogen and oxygen atoms in total. The minimum atomic E-state index is -3.58. The molecule has 1 aliphatic rings. The Kier molecular flexibility index (Phi) is 6.79. The fraction of sp³-hybridized carbons (Fsp3) is 0.333. The summed E-state index contributed by atoms with van der Waals surface area (Å²) >= 11 is 0. The maximum absolute atomic E-state index is 12.7. The molecular weight excluding hydrogens is 360 g/mol. The molecule has 1 fully saturated rings. The number of morpholine rings is 1. The van der Waals surface area contributed by atoms with E-state index in [1.165, 1.54) is 5.41 Å². The quantitative estimate of drug-likeness (QED) is 0.795. The molecule has 3 rings (SSSR count). The molecule has 27 heavy (non-hydrogen) atoms. The Morgan fingerprint density at radius 2 is 1.74 bits per heavy atom. The summed E-state index contributed by atoms with van der Waals surface area (Å²) in [5.41, 5.74) is 2.96. The van der Waals surface area contributed by atoms with Gasteiger partial charge in [0.15, 0.2) is 0 Å². The zero-order valence-electron chi connectivity index (χ0n) is 15.5. The molecule has 0 aromatic heterocycles. The molecule has 0 spiro atoms. The van der Waals surface area contributed by atoms with Crippen LogP contribution in [-0.2, 0) is 14.8 Å². The van der Waals surface area contributed by atoms with E-state index in [1.54, 1.807) is 6.08 Å². The summed E-state index contributed by atoms with van der Waals surface area (Å²) in [7, 11) is -3.58. The van der Waals surface area contributed by atoms with Crippen LogP contribution in [0.1, 0.15) is 22.7 Å². The summed E-state index contributed by atoms with van der Waals surface area (Å²) in [4.78, 5) is 2.23. The first-order valence-electron chi connectivity index (χ1n) is 9.14. The highest BCUT2D eigenvalue weighted by Crippen LogP contribution is 2.18. The highest BCUT2D eigenvalue weighted by atomic mass is 32.2. The van der Waals surface area contributed by atoms with Crippen molar-refractivity contribution in [1.29, 1.82) is 0 Å². The molecule has 0 aliphatic carbocycles. The zero-order chi connectivity index (χ0) is 19.1. The van der Waals surface area contributed by atoms with E-state index in [0.29, 0.717) is 19.8 Å². The van der Waals surface area contributed by atoms with Crippen molar-refractivity contribution in [3.63, 3.8) is 0 Å². The second kappa shape index (κ2) is 9.28. The van der Waals surface area contributed by atoms with Gasteiger partial charge in [0.1, 0.15) is 0 Å². The van der Waals surface area contributed by atoms with Gasteiger partial charge in [0.2, 0.25) is 10.0 Å². The molecule has 1 aliphatic heterocycles. The molecule has 2 aromatic carbocycles. The van der Waals surface area contributed by atoms with Gasteiger partial charge in [-0.15, -0.1) is 0 Å². The Balaban J connectivity index is 1.76. The topological polar surface area (TPSA) is 58.6 Å². The van der Waals surface area contributed by atoms with Crippen molar-refractivity contribution in [2.24, 2.45) is 0 Å². The van der Waals surface area contributed by atoms with Crippen molar-refractivity contribution in [3.8, 4) is 0 Å². The van der Waals surface area contributed by atoms with Gasteiger partial charge in [-0.2, -0.15) is 0 Å². The van der Waals surface area contributed by atoms with Crippen LogP contribution in [0.15, 0.2) is 60.0 Å². The third kappa shape index (κ3) is 6.29. The number of hydrogen-bond acceptors (Lipinski definition) is 4. The largest absolute Gasteiger partial charge is 0.379 e. The third-order valence-corrected chi connectivity index (χ3v) is 5.68. The Morgan fingerprint density at radius 3 is 2.41 bits per heavy atom. The van der Waals surface area contributed by atoms with Crippen LogP contribution >= 0.6 is 0 Å². The number of rotatable bonds is 7. The average Bonchev–Trinajstić information content (AvgIpc) is 2.68. The first kappa shape index (κ1) is 19.8. The van der Waals surface area contributed by atoms with Crippen LogP contribution in [0.25, 0.3) is 6.08 Å². The molecule has 0 amide bonds. The molecular formula is C21H26N2O3S. The van der Waals surface area contributed by atoms with E-state index in [-0.39, 0.29) is 6.04 Å². The van der Waals surface area contributed by atoms with E-state index in [2.05, 4.69) is 9.62 Å². The van der Waals surface area contributed by atoms with Gasteiger partial charge in [-0.3, -0.25) is 4.90 Å². The Hall–Kier alpha value is -1.99. The van der Waals surface area contributed by atoms with Crippen LogP contribution < -0.4 is 4.72 Å². The smallest absolute Gasteiger partial charge is 0.234 e. The van der Waals surface area contributed by atoms with E-state index < -0.39 is 10.0 Å². The molecule has 0 radical (unpaired) electrons. The number of ether oxygens (including phenoxy) is 1. The van der Waals surface area contributed by atoms with Gasteiger partial charge in [-0.1, -0.05) is 60.2 Å². The molecule has 1 saturated heterocycles. The van der Waals surface area contributed by atoms with Gasteiger partial charge < -0.3 is 4.74 Å². The summed E-state index contributed by atoms with van der Waals surface area (Å²) in [6.07, 6.45) is 1.61. The summed E-state index contributed by atoms with van der Waals surface area (Å²) in [6.45, 7) is 5.62. The standard InChI is InChI=1S/C21H26N2O3S/c1-18-7-9-20(10-8-18)21(17-23-12-14-26-15-13-23)22-27(24,25)16-11-19-5-3-2-4-6-19/h2-11,16,21-22H,12-15,17H2,1H3/b16-11+/t21-/m0/s1. The maximum atomic E-state index is 12.7. The summed E-state index contributed by atoms with van der Waals surface area (Å²) in [5.74, 6) is 0. The molecule has 1 N–H and O–H groups in total. The minimum Gasteiger partial charge on any atom is -0.379 e. The van der Waals surface area contributed by atoms with Crippen molar-refractivity contribution in [2.75, 3.05) is 32.8 Å². The van der Waals surface area contributed by atoms with Crippen molar-refractivity contribution in [2.45, 2.75) is 13.0 Å². The van der Waals surface area contributed by atoms with E-state index in [1.807, 2.05) is 61.5 Å². The van der Waals surface area contributed by atoms with E-state index in [0.717, 1.165) is 29.8 Å². The van der Waals surface area contributed by atoms with Crippen LogP contribution in [-0.4, -0.2) is 46.2 Å². The first-order valence-corrected chi connectivity index (χ1v) is 10.7. The van der Waals surface area contributed by atoms with Crippen molar-refractivity contribution in [3.05, 3.63) is 76.7 Å². The van der Waals surface area contributed by atoms with E-state index in [4.69, 9.17) is 4.74 Å². The number of sulfonamides is 1. The third-order valence-electron chi connectivity index (χ3n) is 4.57. The predicted octanol–water partition coefficient (Wildman–Crippen LogP) is 2.96. The minimum absolute atomic E-state index is 0.311. The number of benzene rings is 2. The van der Waals surface area contributed by atoms with E-state index in [9.17, 15) is 8.42 Å². The van der Waals surface area contributed by atoms with E-state index >= 15 is 0 Å². The van der Waals surface area contributed by atoms with Crippen LogP contribution in [0.4, 0.5) is 0 Å². The van der Waals surface area contributed by atoms with Crippen molar-refractivity contribution in [1.82, 2.24) is 9.62 Å². The number of nitrogens with zero attached hydrogens (tertiary/aromatic N) is 1. The summed E-state index contributed by atoms with van der Waals surface area (Å²) < 4.78 is 33.6. The number of hydrogen-bond donors (Lipinski definition) is 1. The normalized spacial score (nSPS) is 17.2. The van der Waals surface area contributed by atoms with Gasteiger partial charge in [-0.25, -0.2) is 13.1 Å². The highest BCUT2D eigenvalue weighted by Gasteiger charge is 2.22. The van der Waals surface area contributed by atoms with Gasteiger partial charge in [0.25, 0.3) is 0 Å². The fourth-order valence-corrected chi connectivity index (χ4v) is 4.04. The summed E-state index contributed by atoms with van der Waals surface area (Å²) in [6, 6.07) is 17.1. The molecule has 6 heteroatoms. The zero-order valence-corrected chi connectivity index (χ0v) is 16.4. The maximum Gasteiger partial charge on any atom is 0.234 e. The molecule has 1 atom stereocenters. The highest BCUT2D eigenvalue weighted by molar-refractivity contribution is 7.92. The Labute approximate surface area is 161 Å². The lowest BCUT2D eigenvalue weighted by Crippen LogP contribution is -2.42. The second-order valence-electron chi connectivity index (χ2n) is 6.75. The molecule has 0 saturated carbocycles. The lowest BCUT2D eigenvalue weighted by atomic mass is 10.1. The van der Waals surface area contributed by atoms with Crippen LogP contribution in [0, 0.1) is 6.92 Å². The molecule has 0 unspecified atom stereocenters. The number of aryl methyl sites for hydroxylation is 1.